The molecule has 0 spiro atoms. The number of esters is 1. The molecule has 0 bridgehead atoms. The second-order valence-corrected chi connectivity index (χ2v) is 5.16. The summed E-state index contributed by atoms with van der Waals surface area (Å²) in [6.45, 7) is 1.71. The summed E-state index contributed by atoms with van der Waals surface area (Å²) in [6, 6.07) is 1.55. The van der Waals surface area contributed by atoms with E-state index >= 15 is 0 Å². The number of nitrogens with one attached hydrogen (secondary N) is 1. The van der Waals surface area contributed by atoms with Gasteiger partial charge in [0, 0.05) is 19.0 Å². The van der Waals surface area contributed by atoms with Crippen molar-refractivity contribution < 1.29 is 23.6 Å². The van der Waals surface area contributed by atoms with Crippen molar-refractivity contribution in [3.63, 3.8) is 0 Å². The van der Waals surface area contributed by atoms with Gasteiger partial charge in [0.1, 0.15) is 12.3 Å². The normalized spacial score (nSPS) is 15.3. The van der Waals surface area contributed by atoms with Gasteiger partial charge in [-0.2, -0.15) is 0 Å². The molecule has 1 aliphatic rings. The molecular formula is C14H19N3O5. The van der Waals surface area contributed by atoms with E-state index in [0.29, 0.717) is 18.7 Å². The molecule has 0 atom stereocenters. The Balaban J connectivity index is 1.72. The van der Waals surface area contributed by atoms with Crippen LogP contribution in [-0.4, -0.2) is 47.5 Å². The van der Waals surface area contributed by atoms with Crippen molar-refractivity contribution in [1.82, 2.24) is 10.1 Å². The fourth-order valence-corrected chi connectivity index (χ4v) is 2.16. The molecule has 2 amide bonds. The molecule has 8 nitrogen and oxygen atoms in total. The van der Waals surface area contributed by atoms with Gasteiger partial charge in [0.05, 0.1) is 0 Å². The third-order valence-electron chi connectivity index (χ3n) is 3.25. The monoisotopic (exact) mass is 309 g/mol. The van der Waals surface area contributed by atoms with E-state index < -0.39 is 18.5 Å². The van der Waals surface area contributed by atoms with E-state index in [1.165, 1.54) is 4.90 Å². The maximum absolute atomic E-state index is 11.8. The highest BCUT2D eigenvalue weighted by atomic mass is 16.5. The largest absolute Gasteiger partial charge is 0.454 e. The summed E-state index contributed by atoms with van der Waals surface area (Å²) in [5, 5.41) is 6.04. The van der Waals surface area contributed by atoms with Crippen molar-refractivity contribution in [2.75, 3.05) is 25.0 Å². The van der Waals surface area contributed by atoms with Gasteiger partial charge in [0.2, 0.25) is 5.91 Å². The van der Waals surface area contributed by atoms with E-state index in [9.17, 15) is 14.4 Å². The van der Waals surface area contributed by atoms with Crippen LogP contribution in [0.3, 0.4) is 0 Å². The summed E-state index contributed by atoms with van der Waals surface area (Å²) in [4.78, 5) is 36.5. The van der Waals surface area contributed by atoms with Crippen LogP contribution in [0.2, 0.25) is 0 Å². The number of amides is 2. The van der Waals surface area contributed by atoms with E-state index in [4.69, 9.17) is 9.26 Å². The molecule has 0 unspecified atom stereocenters. The van der Waals surface area contributed by atoms with Crippen LogP contribution >= 0.6 is 0 Å². The van der Waals surface area contributed by atoms with Crippen molar-refractivity contribution in [3.05, 3.63) is 11.8 Å². The van der Waals surface area contributed by atoms with Gasteiger partial charge in [-0.25, -0.2) is 0 Å². The second-order valence-electron chi connectivity index (χ2n) is 5.16. The average Bonchev–Trinajstić information content (AvgIpc) is 2.77. The first-order valence-electron chi connectivity index (χ1n) is 7.21. The first-order chi connectivity index (χ1) is 10.5. The number of hydrogen-bond acceptors (Lipinski definition) is 6. The van der Waals surface area contributed by atoms with Gasteiger partial charge in [0.25, 0.3) is 5.91 Å². The molecule has 2 heterocycles. The third-order valence-corrected chi connectivity index (χ3v) is 3.25. The smallest absolute Gasteiger partial charge is 0.326 e. The number of likely N-dealkylation sites (tertiary alicyclic amines) is 1. The highest BCUT2D eigenvalue weighted by molar-refractivity contribution is 5.92. The highest BCUT2D eigenvalue weighted by Crippen LogP contribution is 2.11. The Hall–Kier alpha value is -2.38. The van der Waals surface area contributed by atoms with Crippen molar-refractivity contribution in [2.24, 2.45) is 0 Å². The minimum Gasteiger partial charge on any atom is -0.454 e. The number of nitrogens with zero attached hydrogens (tertiary/aromatic N) is 2. The number of carbonyl (C=O) groups excluding carboxylic acids is 3. The molecule has 120 valence electrons. The molecule has 0 saturated carbocycles. The van der Waals surface area contributed by atoms with E-state index in [0.717, 1.165) is 19.3 Å². The molecule has 8 heteroatoms. The standard InChI is InChI=1S/C14H19N3O5/c1-10-7-11(16-22-10)15-12(18)9-21-14(20)8-17-6-4-2-3-5-13(17)19/h7H,2-6,8-9H2,1H3,(H,15,16,18). The molecule has 1 aromatic heterocycles. The number of aromatic nitrogens is 1. The number of anilines is 1. The summed E-state index contributed by atoms with van der Waals surface area (Å²) < 4.78 is 9.67. The van der Waals surface area contributed by atoms with Gasteiger partial charge < -0.3 is 19.5 Å². The topological polar surface area (TPSA) is 102 Å². The van der Waals surface area contributed by atoms with Crippen LogP contribution in [-0.2, 0) is 19.1 Å². The Bertz CT molecular complexity index is 554. The van der Waals surface area contributed by atoms with Crippen LogP contribution in [0, 0.1) is 6.92 Å². The van der Waals surface area contributed by atoms with Crippen molar-refractivity contribution in [3.8, 4) is 0 Å². The fraction of sp³-hybridized carbons (Fsp3) is 0.571. The zero-order chi connectivity index (χ0) is 15.9. The number of carbonyl (C=O) groups is 3. The van der Waals surface area contributed by atoms with Gasteiger partial charge in [0.15, 0.2) is 12.4 Å². The first kappa shape index (κ1) is 16.0. The number of aryl methyl sites for hydroxylation is 1. The lowest BCUT2D eigenvalue weighted by Crippen LogP contribution is -2.36. The van der Waals surface area contributed by atoms with Crippen molar-refractivity contribution >= 4 is 23.6 Å². The van der Waals surface area contributed by atoms with E-state index in [-0.39, 0.29) is 18.3 Å². The maximum atomic E-state index is 11.8. The lowest BCUT2D eigenvalue weighted by atomic mass is 10.2. The Labute approximate surface area is 127 Å². The zero-order valence-electron chi connectivity index (χ0n) is 12.5. The molecule has 1 fully saturated rings. The number of rotatable bonds is 5. The molecule has 2 rings (SSSR count). The predicted molar refractivity (Wildman–Crippen MR) is 75.9 cm³/mol. The summed E-state index contributed by atoms with van der Waals surface area (Å²) in [6.07, 6.45) is 3.17. The summed E-state index contributed by atoms with van der Waals surface area (Å²) in [5.41, 5.74) is 0. The molecule has 1 aliphatic heterocycles. The van der Waals surface area contributed by atoms with E-state index in [1.807, 2.05) is 0 Å². The average molecular weight is 309 g/mol. The summed E-state index contributed by atoms with van der Waals surface area (Å²) in [7, 11) is 0. The van der Waals surface area contributed by atoms with Crippen LogP contribution in [0.5, 0.6) is 0 Å². The van der Waals surface area contributed by atoms with Crippen LogP contribution in [0.1, 0.15) is 31.4 Å². The Morgan fingerprint density at radius 1 is 1.41 bits per heavy atom. The minimum absolute atomic E-state index is 0.0445. The lowest BCUT2D eigenvalue weighted by Gasteiger charge is -2.19. The Morgan fingerprint density at radius 2 is 2.23 bits per heavy atom. The molecule has 1 N–H and O–H groups in total. The molecule has 22 heavy (non-hydrogen) atoms. The van der Waals surface area contributed by atoms with Crippen molar-refractivity contribution in [2.45, 2.75) is 32.6 Å². The van der Waals surface area contributed by atoms with Gasteiger partial charge in [-0.1, -0.05) is 11.6 Å². The van der Waals surface area contributed by atoms with Gasteiger partial charge in [-0.3, -0.25) is 14.4 Å². The highest BCUT2D eigenvalue weighted by Gasteiger charge is 2.20. The van der Waals surface area contributed by atoms with E-state index in [1.54, 1.807) is 13.0 Å². The second kappa shape index (κ2) is 7.58. The number of hydrogen-bond donors (Lipinski definition) is 1. The Morgan fingerprint density at radius 3 is 2.95 bits per heavy atom. The van der Waals surface area contributed by atoms with Crippen LogP contribution in [0.25, 0.3) is 0 Å². The molecular weight excluding hydrogens is 290 g/mol. The predicted octanol–water partition coefficient (Wildman–Crippen LogP) is 0.867. The summed E-state index contributed by atoms with van der Waals surface area (Å²) >= 11 is 0. The van der Waals surface area contributed by atoms with E-state index in [2.05, 4.69) is 10.5 Å². The Kier molecular flexibility index (Phi) is 5.51. The summed E-state index contributed by atoms with van der Waals surface area (Å²) in [5.74, 6) is -0.323. The maximum Gasteiger partial charge on any atom is 0.326 e. The fourth-order valence-electron chi connectivity index (χ4n) is 2.16. The van der Waals surface area contributed by atoms with Crippen LogP contribution < -0.4 is 5.32 Å². The van der Waals surface area contributed by atoms with Crippen molar-refractivity contribution in [1.29, 1.82) is 0 Å². The third kappa shape index (κ3) is 4.87. The SMILES string of the molecule is Cc1cc(NC(=O)COC(=O)CN2CCCCCC2=O)no1. The molecule has 0 aliphatic carbocycles. The van der Waals surface area contributed by atoms with Crippen LogP contribution in [0.4, 0.5) is 5.82 Å². The lowest BCUT2D eigenvalue weighted by molar-refractivity contribution is -0.151. The van der Waals surface area contributed by atoms with Gasteiger partial charge in [-0.05, 0) is 19.8 Å². The number of ether oxygens (including phenoxy) is 1. The molecule has 1 saturated heterocycles. The van der Waals surface area contributed by atoms with Gasteiger partial charge >= 0.3 is 5.97 Å². The first-order valence-corrected chi connectivity index (χ1v) is 7.21. The van der Waals surface area contributed by atoms with Gasteiger partial charge in [-0.15, -0.1) is 0 Å². The minimum atomic E-state index is -0.596. The van der Waals surface area contributed by atoms with Crippen LogP contribution in [0.15, 0.2) is 10.6 Å². The zero-order valence-corrected chi connectivity index (χ0v) is 12.5. The molecule has 0 radical (unpaired) electrons. The molecule has 1 aromatic rings. The quantitative estimate of drug-likeness (QED) is 0.810. The molecule has 0 aromatic carbocycles.